The average Bonchev–Trinajstić information content (AvgIpc) is 3.17. The number of hydrogen-bond acceptors (Lipinski definition) is 4. The lowest BCUT2D eigenvalue weighted by Gasteiger charge is -2.21. The Balaban J connectivity index is 1.75. The van der Waals surface area contributed by atoms with Gasteiger partial charge in [0.25, 0.3) is 5.91 Å². The molecule has 6 nitrogen and oxygen atoms in total. The molecule has 112 valence electrons. The monoisotopic (exact) mass is 289 g/mol. The smallest absolute Gasteiger partial charge is 0.253 e. The lowest BCUT2D eigenvalue weighted by atomic mass is 9.99. The zero-order valence-electron chi connectivity index (χ0n) is 11.7. The van der Waals surface area contributed by atoms with Gasteiger partial charge in [-0.1, -0.05) is 12.1 Å². The van der Waals surface area contributed by atoms with Crippen LogP contribution in [0.15, 0.2) is 24.3 Å². The third-order valence-corrected chi connectivity index (χ3v) is 3.84. The van der Waals surface area contributed by atoms with Crippen LogP contribution in [0.25, 0.3) is 0 Å². The second kappa shape index (κ2) is 5.46. The number of carbonyl (C=O) groups is 2. The van der Waals surface area contributed by atoms with Crippen molar-refractivity contribution in [3.8, 4) is 0 Å². The Kier molecular flexibility index (Phi) is 3.65. The van der Waals surface area contributed by atoms with E-state index in [2.05, 4.69) is 10.6 Å². The number of ether oxygens (including phenoxy) is 1. The lowest BCUT2D eigenvalue weighted by Crippen LogP contribution is -2.51. The summed E-state index contributed by atoms with van der Waals surface area (Å²) in [6, 6.07) is 7.22. The zero-order valence-corrected chi connectivity index (χ0v) is 11.7. The highest BCUT2D eigenvalue weighted by Crippen LogP contribution is 2.23. The SMILES string of the molecule is NC1(C(=O)Nc2ccccc2C(=O)NC2CC2)CCOC1. The lowest BCUT2D eigenvalue weighted by molar-refractivity contribution is -0.121. The van der Waals surface area contributed by atoms with E-state index in [0.717, 1.165) is 12.8 Å². The van der Waals surface area contributed by atoms with Gasteiger partial charge in [0.15, 0.2) is 0 Å². The molecule has 1 unspecified atom stereocenters. The fourth-order valence-corrected chi connectivity index (χ4v) is 2.29. The first-order chi connectivity index (χ1) is 10.1. The molecule has 21 heavy (non-hydrogen) atoms. The number of carbonyl (C=O) groups excluding carboxylic acids is 2. The molecule has 3 rings (SSSR count). The molecule has 0 radical (unpaired) electrons. The van der Waals surface area contributed by atoms with Crippen molar-refractivity contribution in [2.45, 2.75) is 30.8 Å². The second-order valence-corrected chi connectivity index (χ2v) is 5.71. The molecule has 1 atom stereocenters. The fourth-order valence-electron chi connectivity index (χ4n) is 2.29. The molecule has 4 N–H and O–H groups in total. The summed E-state index contributed by atoms with van der Waals surface area (Å²) >= 11 is 0. The number of para-hydroxylation sites is 1. The summed E-state index contributed by atoms with van der Waals surface area (Å²) in [5.74, 6) is -0.478. The van der Waals surface area contributed by atoms with Crippen LogP contribution in [-0.2, 0) is 9.53 Å². The van der Waals surface area contributed by atoms with Gasteiger partial charge in [0.05, 0.1) is 17.9 Å². The number of hydrogen-bond donors (Lipinski definition) is 3. The molecule has 1 aromatic carbocycles. The van der Waals surface area contributed by atoms with Crippen molar-refractivity contribution in [1.82, 2.24) is 5.32 Å². The molecule has 1 aliphatic carbocycles. The van der Waals surface area contributed by atoms with Gasteiger partial charge in [0, 0.05) is 12.6 Å². The quantitative estimate of drug-likeness (QED) is 0.758. The summed E-state index contributed by atoms with van der Waals surface area (Å²) < 4.78 is 5.19. The van der Waals surface area contributed by atoms with Crippen LogP contribution in [0.1, 0.15) is 29.6 Å². The molecule has 0 spiro atoms. The number of anilines is 1. The third kappa shape index (κ3) is 3.06. The van der Waals surface area contributed by atoms with Gasteiger partial charge in [0.1, 0.15) is 5.54 Å². The van der Waals surface area contributed by atoms with Gasteiger partial charge in [-0.15, -0.1) is 0 Å². The minimum atomic E-state index is -1.01. The highest BCUT2D eigenvalue weighted by Gasteiger charge is 2.38. The summed E-state index contributed by atoms with van der Waals surface area (Å²) in [5.41, 5.74) is 5.96. The van der Waals surface area contributed by atoms with Gasteiger partial charge < -0.3 is 21.1 Å². The van der Waals surface area contributed by atoms with E-state index in [1.165, 1.54) is 0 Å². The Morgan fingerprint density at radius 2 is 2.05 bits per heavy atom. The van der Waals surface area contributed by atoms with Crippen molar-refractivity contribution in [2.24, 2.45) is 5.73 Å². The maximum absolute atomic E-state index is 12.3. The Morgan fingerprint density at radius 3 is 2.71 bits per heavy atom. The number of benzene rings is 1. The molecule has 2 aliphatic rings. The Morgan fingerprint density at radius 1 is 1.29 bits per heavy atom. The van der Waals surface area contributed by atoms with Gasteiger partial charge in [-0.05, 0) is 31.4 Å². The largest absolute Gasteiger partial charge is 0.379 e. The highest BCUT2D eigenvalue weighted by molar-refractivity contribution is 6.06. The van der Waals surface area contributed by atoms with E-state index in [1.54, 1.807) is 24.3 Å². The van der Waals surface area contributed by atoms with Crippen molar-refractivity contribution in [3.05, 3.63) is 29.8 Å². The van der Waals surface area contributed by atoms with Gasteiger partial charge >= 0.3 is 0 Å². The van der Waals surface area contributed by atoms with E-state index < -0.39 is 5.54 Å². The average molecular weight is 289 g/mol. The van der Waals surface area contributed by atoms with Crippen LogP contribution in [0.4, 0.5) is 5.69 Å². The first kappa shape index (κ1) is 14.0. The molecule has 1 saturated heterocycles. The number of nitrogens with two attached hydrogens (primary N) is 1. The van der Waals surface area contributed by atoms with Crippen molar-refractivity contribution in [1.29, 1.82) is 0 Å². The third-order valence-electron chi connectivity index (χ3n) is 3.84. The van der Waals surface area contributed by atoms with Crippen LogP contribution in [0, 0.1) is 0 Å². The predicted octanol–water partition coefficient (Wildman–Crippen LogP) is 0.635. The molecule has 1 aliphatic heterocycles. The first-order valence-electron chi connectivity index (χ1n) is 7.16. The van der Waals surface area contributed by atoms with E-state index >= 15 is 0 Å². The Hall–Kier alpha value is -1.92. The summed E-state index contributed by atoms with van der Waals surface area (Å²) in [5, 5.41) is 5.68. The van der Waals surface area contributed by atoms with E-state index in [-0.39, 0.29) is 24.5 Å². The minimum absolute atomic E-state index is 0.165. The summed E-state index contributed by atoms with van der Waals surface area (Å²) in [4.78, 5) is 24.5. The van der Waals surface area contributed by atoms with E-state index in [9.17, 15) is 9.59 Å². The van der Waals surface area contributed by atoms with Crippen molar-refractivity contribution >= 4 is 17.5 Å². The van der Waals surface area contributed by atoms with Crippen LogP contribution >= 0.6 is 0 Å². The molecule has 0 bridgehead atoms. The van der Waals surface area contributed by atoms with Gasteiger partial charge in [-0.25, -0.2) is 0 Å². The molecule has 1 heterocycles. The predicted molar refractivity (Wildman–Crippen MR) is 77.9 cm³/mol. The van der Waals surface area contributed by atoms with E-state index in [1.807, 2.05) is 0 Å². The topological polar surface area (TPSA) is 93.5 Å². The number of nitrogens with one attached hydrogen (secondary N) is 2. The summed E-state index contributed by atoms with van der Waals surface area (Å²) in [6.45, 7) is 0.684. The van der Waals surface area contributed by atoms with Crippen molar-refractivity contribution in [3.63, 3.8) is 0 Å². The first-order valence-corrected chi connectivity index (χ1v) is 7.16. The molecular formula is C15H19N3O3. The van der Waals surface area contributed by atoms with Crippen LogP contribution in [0.5, 0.6) is 0 Å². The normalized spacial score (nSPS) is 24.6. The summed E-state index contributed by atoms with van der Waals surface area (Å²) in [7, 11) is 0. The molecular weight excluding hydrogens is 270 g/mol. The van der Waals surface area contributed by atoms with Crippen LogP contribution < -0.4 is 16.4 Å². The van der Waals surface area contributed by atoms with Crippen molar-refractivity contribution in [2.75, 3.05) is 18.5 Å². The van der Waals surface area contributed by atoms with E-state index in [4.69, 9.17) is 10.5 Å². The Bertz CT molecular complexity index is 563. The highest BCUT2D eigenvalue weighted by atomic mass is 16.5. The summed E-state index contributed by atoms with van der Waals surface area (Å²) in [6.07, 6.45) is 2.52. The van der Waals surface area contributed by atoms with Crippen molar-refractivity contribution < 1.29 is 14.3 Å². The maximum atomic E-state index is 12.3. The fraction of sp³-hybridized carbons (Fsp3) is 0.467. The zero-order chi connectivity index (χ0) is 14.9. The number of amides is 2. The van der Waals surface area contributed by atoms with Crippen LogP contribution in [-0.4, -0.2) is 36.6 Å². The molecule has 1 aromatic rings. The number of rotatable bonds is 4. The maximum Gasteiger partial charge on any atom is 0.253 e. The standard InChI is InChI=1S/C15H19N3O3/c16-15(7-8-21-9-15)14(20)18-12-4-2-1-3-11(12)13(19)17-10-5-6-10/h1-4,10H,5-9,16H2,(H,17,19)(H,18,20). The minimum Gasteiger partial charge on any atom is -0.379 e. The van der Waals surface area contributed by atoms with Gasteiger partial charge in [0.2, 0.25) is 5.91 Å². The van der Waals surface area contributed by atoms with E-state index in [0.29, 0.717) is 24.3 Å². The molecule has 6 heteroatoms. The molecule has 0 aromatic heterocycles. The molecule has 1 saturated carbocycles. The van der Waals surface area contributed by atoms with Crippen LogP contribution in [0.3, 0.4) is 0 Å². The Labute approximate surface area is 123 Å². The molecule has 2 fully saturated rings. The van der Waals surface area contributed by atoms with Gasteiger partial charge in [-0.3, -0.25) is 9.59 Å². The van der Waals surface area contributed by atoms with Gasteiger partial charge in [-0.2, -0.15) is 0 Å². The second-order valence-electron chi connectivity index (χ2n) is 5.71. The van der Waals surface area contributed by atoms with Crippen LogP contribution in [0.2, 0.25) is 0 Å². The molecule has 2 amide bonds.